The minimum absolute atomic E-state index is 0.209. The van der Waals surface area contributed by atoms with Crippen LogP contribution in [0.25, 0.3) is 0 Å². The molecule has 0 amide bonds. The fourth-order valence-electron chi connectivity index (χ4n) is 5.15. The molecule has 3 rings (SSSR count). The van der Waals surface area contributed by atoms with Crippen LogP contribution in [0.3, 0.4) is 0 Å². The molecule has 1 aromatic rings. The molecule has 4 heteroatoms. The van der Waals surface area contributed by atoms with E-state index in [1.54, 1.807) is 0 Å². The van der Waals surface area contributed by atoms with Gasteiger partial charge >= 0.3 is 6.18 Å². The summed E-state index contributed by atoms with van der Waals surface area (Å²) in [5.41, 5.74) is -0.419. The van der Waals surface area contributed by atoms with E-state index in [9.17, 15) is 17.6 Å². The molecule has 2 atom stereocenters. The quantitative estimate of drug-likeness (QED) is 0.495. The number of hydrogen-bond acceptors (Lipinski definition) is 0. The molecule has 2 saturated carbocycles. The Morgan fingerprint density at radius 2 is 1.64 bits per heavy atom. The van der Waals surface area contributed by atoms with E-state index >= 15 is 0 Å². The first-order valence-electron chi connectivity index (χ1n) is 9.75. The largest absolute Gasteiger partial charge is 0.419 e. The molecule has 0 nitrogen and oxygen atoms in total. The van der Waals surface area contributed by atoms with E-state index in [0.717, 1.165) is 61.1 Å². The van der Waals surface area contributed by atoms with E-state index in [1.165, 1.54) is 38.2 Å². The molecule has 0 N–H and O–H groups in total. The summed E-state index contributed by atoms with van der Waals surface area (Å²) >= 11 is 0. The molecule has 0 bridgehead atoms. The van der Waals surface area contributed by atoms with Crippen molar-refractivity contribution in [3.05, 3.63) is 35.1 Å². The maximum atomic E-state index is 13.8. The van der Waals surface area contributed by atoms with Crippen LogP contribution in [-0.4, -0.2) is 0 Å². The van der Waals surface area contributed by atoms with Gasteiger partial charge in [-0.1, -0.05) is 32.3 Å². The molecule has 25 heavy (non-hydrogen) atoms. The van der Waals surface area contributed by atoms with E-state index < -0.39 is 17.6 Å². The second kappa shape index (κ2) is 7.67. The maximum Gasteiger partial charge on any atom is 0.419 e. The zero-order chi connectivity index (χ0) is 18.0. The normalized spacial score (nSPS) is 30.6. The van der Waals surface area contributed by atoms with Gasteiger partial charge in [0.2, 0.25) is 0 Å². The minimum Gasteiger partial charge on any atom is -0.206 e. The Morgan fingerprint density at radius 1 is 0.960 bits per heavy atom. The Morgan fingerprint density at radius 3 is 2.24 bits per heavy atom. The minimum atomic E-state index is -4.61. The number of hydrogen-bond donors (Lipinski definition) is 0. The van der Waals surface area contributed by atoms with Crippen molar-refractivity contribution in [1.82, 2.24) is 0 Å². The second-order valence-corrected chi connectivity index (χ2v) is 8.08. The van der Waals surface area contributed by atoms with Gasteiger partial charge in [-0.15, -0.1) is 0 Å². The first-order chi connectivity index (χ1) is 11.9. The van der Waals surface area contributed by atoms with Gasteiger partial charge in [0.25, 0.3) is 0 Å². The third kappa shape index (κ3) is 4.38. The molecule has 2 fully saturated rings. The molecular formula is C21H28F4. The fraction of sp³-hybridized carbons (Fsp3) is 0.714. The van der Waals surface area contributed by atoms with E-state index in [4.69, 9.17) is 0 Å². The summed E-state index contributed by atoms with van der Waals surface area (Å²) in [6.45, 7) is 2.25. The van der Waals surface area contributed by atoms with E-state index in [1.807, 2.05) is 0 Å². The zero-order valence-corrected chi connectivity index (χ0v) is 14.9. The molecule has 140 valence electrons. The molecular weight excluding hydrogens is 328 g/mol. The van der Waals surface area contributed by atoms with Gasteiger partial charge in [0.05, 0.1) is 5.56 Å². The van der Waals surface area contributed by atoms with E-state index in [0.29, 0.717) is 0 Å². The molecule has 1 aromatic carbocycles. The van der Waals surface area contributed by atoms with Crippen molar-refractivity contribution in [3.8, 4) is 0 Å². The first kappa shape index (κ1) is 18.7. The van der Waals surface area contributed by atoms with Crippen molar-refractivity contribution in [2.75, 3.05) is 0 Å². The van der Waals surface area contributed by atoms with Crippen LogP contribution in [0.2, 0.25) is 0 Å². The standard InChI is InChI=1S/C21H28F4/c1-2-3-14-4-5-17(12-14)15-6-8-16(9-7-15)18-10-11-19(20(22)13-18)21(23,24)25/h10-11,13-17H,2-9,12H2,1H3. The van der Waals surface area contributed by atoms with Crippen LogP contribution in [0.5, 0.6) is 0 Å². The van der Waals surface area contributed by atoms with Crippen LogP contribution in [0.1, 0.15) is 81.8 Å². The lowest BCUT2D eigenvalue weighted by atomic mass is 9.73. The zero-order valence-electron chi connectivity index (χ0n) is 14.9. The monoisotopic (exact) mass is 356 g/mol. The van der Waals surface area contributed by atoms with Crippen LogP contribution in [0.4, 0.5) is 17.6 Å². The van der Waals surface area contributed by atoms with Crippen LogP contribution in [-0.2, 0) is 6.18 Å². The Labute approximate surface area is 148 Å². The lowest BCUT2D eigenvalue weighted by Crippen LogP contribution is -2.20. The van der Waals surface area contributed by atoms with Gasteiger partial charge in [0, 0.05) is 0 Å². The number of alkyl halides is 3. The third-order valence-corrected chi connectivity index (χ3v) is 6.49. The molecule has 2 aliphatic rings. The molecule has 0 saturated heterocycles. The molecule has 2 aliphatic carbocycles. The summed E-state index contributed by atoms with van der Waals surface area (Å²) in [6.07, 6.45) is 6.29. The molecule has 2 unspecified atom stereocenters. The van der Waals surface area contributed by atoms with Crippen molar-refractivity contribution in [2.24, 2.45) is 17.8 Å². The highest BCUT2D eigenvalue weighted by molar-refractivity contribution is 5.29. The molecule has 0 aliphatic heterocycles. The SMILES string of the molecule is CCCC1CCC(C2CCC(c3ccc(C(F)(F)F)c(F)c3)CC2)C1. The van der Waals surface area contributed by atoms with Crippen LogP contribution >= 0.6 is 0 Å². The predicted octanol–water partition coefficient (Wildman–Crippen LogP) is 7.33. The number of benzene rings is 1. The van der Waals surface area contributed by atoms with Gasteiger partial charge < -0.3 is 0 Å². The Kier molecular flexibility index (Phi) is 5.75. The van der Waals surface area contributed by atoms with Crippen LogP contribution in [0, 0.1) is 23.6 Å². The van der Waals surface area contributed by atoms with Gasteiger partial charge in [-0.25, -0.2) is 4.39 Å². The van der Waals surface area contributed by atoms with E-state index in [2.05, 4.69) is 6.92 Å². The highest BCUT2D eigenvalue weighted by atomic mass is 19.4. The summed E-state index contributed by atoms with van der Waals surface area (Å²) in [4.78, 5) is 0. The van der Waals surface area contributed by atoms with E-state index in [-0.39, 0.29) is 5.92 Å². The Bertz CT molecular complexity index is 570. The van der Waals surface area contributed by atoms with Crippen molar-refractivity contribution < 1.29 is 17.6 Å². The molecule has 0 radical (unpaired) electrons. The predicted molar refractivity (Wildman–Crippen MR) is 91.8 cm³/mol. The van der Waals surface area contributed by atoms with Crippen molar-refractivity contribution >= 4 is 0 Å². The highest BCUT2D eigenvalue weighted by Gasteiger charge is 2.36. The lowest BCUT2D eigenvalue weighted by molar-refractivity contribution is -0.140. The summed E-state index contributed by atoms with van der Waals surface area (Å²) in [5, 5.41) is 0. The summed E-state index contributed by atoms with van der Waals surface area (Å²) in [7, 11) is 0. The van der Waals surface area contributed by atoms with Gasteiger partial charge in [-0.05, 0) is 79.9 Å². The topological polar surface area (TPSA) is 0 Å². The highest BCUT2D eigenvalue weighted by Crippen LogP contribution is 2.46. The molecule has 0 aromatic heterocycles. The summed E-state index contributed by atoms with van der Waals surface area (Å²) in [5.74, 6) is 1.57. The smallest absolute Gasteiger partial charge is 0.206 e. The average molecular weight is 356 g/mol. The summed E-state index contributed by atoms with van der Waals surface area (Å²) in [6, 6.07) is 3.49. The van der Waals surface area contributed by atoms with Crippen LogP contribution in [0.15, 0.2) is 18.2 Å². The Balaban J connectivity index is 1.57. The lowest BCUT2D eigenvalue weighted by Gasteiger charge is -2.32. The maximum absolute atomic E-state index is 13.8. The third-order valence-electron chi connectivity index (χ3n) is 6.49. The van der Waals surface area contributed by atoms with Gasteiger partial charge in [0.15, 0.2) is 0 Å². The fourth-order valence-corrected chi connectivity index (χ4v) is 5.15. The van der Waals surface area contributed by atoms with Gasteiger partial charge in [0.1, 0.15) is 5.82 Å². The second-order valence-electron chi connectivity index (χ2n) is 8.08. The van der Waals surface area contributed by atoms with Gasteiger partial charge in [-0.2, -0.15) is 13.2 Å². The van der Waals surface area contributed by atoms with Crippen molar-refractivity contribution in [2.45, 2.75) is 76.8 Å². The van der Waals surface area contributed by atoms with Crippen molar-refractivity contribution in [1.29, 1.82) is 0 Å². The number of rotatable bonds is 4. The van der Waals surface area contributed by atoms with Crippen molar-refractivity contribution in [3.63, 3.8) is 0 Å². The molecule has 0 heterocycles. The Hall–Kier alpha value is -1.06. The summed E-state index contributed by atoms with van der Waals surface area (Å²) < 4.78 is 51.9. The van der Waals surface area contributed by atoms with Gasteiger partial charge in [-0.3, -0.25) is 0 Å². The first-order valence-corrected chi connectivity index (χ1v) is 9.75. The van der Waals surface area contributed by atoms with Crippen LogP contribution < -0.4 is 0 Å². The average Bonchev–Trinajstić information content (AvgIpc) is 3.03. The number of halogens is 4. The molecule has 0 spiro atoms.